The summed E-state index contributed by atoms with van der Waals surface area (Å²) in [7, 11) is 0. The van der Waals surface area contributed by atoms with Gasteiger partial charge in [-0.2, -0.15) is 0 Å². The van der Waals surface area contributed by atoms with Gasteiger partial charge in [0.05, 0.1) is 17.6 Å². The highest BCUT2D eigenvalue weighted by Gasteiger charge is 2.21. The lowest BCUT2D eigenvalue weighted by Crippen LogP contribution is -2.30. The highest BCUT2D eigenvalue weighted by molar-refractivity contribution is 5.92. The summed E-state index contributed by atoms with van der Waals surface area (Å²) in [6, 6.07) is 16.3. The van der Waals surface area contributed by atoms with E-state index in [9.17, 15) is 4.79 Å². The third-order valence-corrected chi connectivity index (χ3v) is 5.05. The van der Waals surface area contributed by atoms with Crippen molar-refractivity contribution < 1.29 is 9.53 Å². The van der Waals surface area contributed by atoms with Gasteiger partial charge in [0, 0.05) is 32.8 Å². The fraction of sp³-hybridized carbons (Fsp3) is 0.364. The number of fused-ring (bicyclic) bond motifs is 2. The maximum atomic E-state index is 12.7. The second-order valence-corrected chi connectivity index (χ2v) is 7.09. The largest absolute Gasteiger partial charge is 0.382 e. The lowest BCUT2D eigenvalue weighted by Gasteiger charge is -2.15. The molecule has 1 aliphatic heterocycles. The van der Waals surface area contributed by atoms with Crippen molar-refractivity contribution in [3.8, 4) is 0 Å². The second kappa shape index (κ2) is 8.54. The van der Waals surface area contributed by atoms with E-state index >= 15 is 0 Å². The van der Waals surface area contributed by atoms with Crippen molar-refractivity contribution in [2.45, 2.75) is 33.0 Å². The van der Waals surface area contributed by atoms with E-state index in [4.69, 9.17) is 4.74 Å². The summed E-state index contributed by atoms with van der Waals surface area (Å²) in [4.78, 5) is 19.5. The van der Waals surface area contributed by atoms with Crippen molar-refractivity contribution in [1.29, 1.82) is 0 Å². The maximum Gasteiger partial charge on any atom is 0.240 e. The summed E-state index contributed by atoms with van der Waals surface area (Å²) in [6.07, 6.45) is 0.874. The first-order valence-corrected chi connectivity index (χ1v) is 9.86. The number of rotatable bonds is 8. The summed E-state index contributed by atoms with van der Waals surface area (Å²) >= 11 is 0. The number of nitrogens with one attached hydrogen (secondary N) is 1. The summed E-state index contributed by atoms with van der Waals surface area (Å²) < 4.78 is 7.53. The first kappa shape index (κ1) is 18.7. The Balaban J connectivity index is 1.44. The van der Waals surface area contributed by atoms with Gasteiger partial charge in [-0.05, 0) is 36.6 Å². The predicted molar refractivity (Wildman–Crippen MR) is 110 cm³/mol. The summed E-state index contributed by atoms with van der Waals surface area (Å²) in [6.45, 7) is 6.15. The van der Waals surface area contributed by atoms with Crippen molar-refractivity contribution in [3.05, 3.63) is 59.7 Å². The molecular weight excluding hydrogens is 352 g/mol. The minimum absolute atomic E-state index is 0.0332. The van der Waals surface area contributed by atoms with Crippen LogP contribution in [0.25, 0.3) is 11.0 Å². The predicted octanol–water partition coefficient (Wildman–Crippen LogP) is 3.42. The summed E-state index contributed by atoms with van der Waals surface area (Å²) in [5.41, 5.74) is 4.53. The minimum Gasteiger partial charge on any atom is -0.382 e. The van der Waals surface area contributed by atoms with Gasteiger partial charge in [-0.1, -0.05) is 36.4 Å². The first-order valence-electron chi connectivity index (χ1n) is 9.86. The van der Waals surface area contributed by atoms with E-state index in [1.165, 1.54) is 11.1 Å². The fourth-order valence-corrected chi connectivity index (χ4v) is 3.75. The third-order valence-electron chi connectivity index (χ3n) is 5.05. The molecule has 0 unspecified atom stereocenters. The van der Waals surface area contributed by atoms with Crippen LogP contribution in [0.4, 0.5) is 5.95 Å². The molecule has 0 bridgehead atoms. The topological polar surface area (TPSA) is 59.4 Å². The lowest BCUT2D eigenvalue weighted by molar-refractivity contribution is -0.117. The second-order valence-electron chi connectivity index (χ2n) is 7.09. The number of hydrogen-bond donors (Lipinski definition) is 1. The van der Waals surface area contributed by atoms with Crippen molar-refractivity contribution in [1.82, 2.24) is 14.5 Å². The van der Waals surface area contributed by atoms with Crippen molar-refractivity contribution >= 4 is 22.9 Å². The van der Waals surface area contributed by atoms with Crippen LogP contribution in [0.15, 0.2) is 48.5 Å². The van der Waals surface area contributed by atoms with Crippen LogP contribution in [-0.4, -0.2) is 40.1 Å². The van der Waals surface area contributed by atoms with Gasteiger partial charge < -0.3 is 9.30 Å². The molecule has 146 valence electrons. The van der Waals surface area contributed by atoms with Crippen LogP contribution in [0.1, 0.15) is 24.5 Å². The van der Waals surface area contributed by atoms with E-state index in [1.807, 2.05) is 43.3 Å². The van der Waals surface area contributed by atoms with E-state index in [-0.39, 0.29) is 5.91 Å². The van der Waals surface area contributed by atoms with Crippen LogP contribution in [0.5, 0.6) is 0 Å². The van der Waals surface area contributed by atoms with Crippen LogP contribution >= 0.6 is 0 Å². The molecule has 2 aromatic carbocycles. The van der Waals surface area contributed by atoms with Gasteiger partial charge in [0.15, 0.2) is 0 Å². The van der Waals surface area contributed by atoms with E-state index in [2.05, 4.69) is 31.9 Å². The Morgan fingerprint density at radius 2 is 1.82 bits per heavy atom. The number of nitrogens with zero attached hydrogens (tertiary/aromatic N) is 3. The smallest absolute Gasteiger partial charge is 0.240 e. The standard InChI is InChI=1S/C22H26N4O2/c1-2-28-13-7-12-26-20-11-6-5-10-19(20)23-22(26)24-21(27)16-25-14-17-8-3-4-9-18(17)15-25/h3-6,8-11H,2,7,12-16H2,1H3,(H,23,24,27). The molecule has 1 aliphatic rings. The first-order chi connectivity index (χ1) is 13.7. The highest BCUT2D eigenvalue weighted by atomic mass is 16.5. The fourth-order valence-electron chi connectivity index (χ4n) is 3.75. The van der Waals surface area contributed by atoms with E-state index in [0.717, 1.165) is 37.1 Å². The van der Waals surface area contributed by atoms with Crippen molar-refractivity contribution in [2.75, 3.05) is 25.1 Å². The number of hydrogen-bond acceptors (Lipinski definition) is 4. The van der Waals surface area contributed by atoms with Gasteiger partial charge in [-0.15, -0.1) is 0 Å². The molecule has 0 spiro atoms. The monoisotopic (exact) mass is 378 g/mol. The molecule has 6 heteroatoms. The molecule has 0 saturated heterocycles. The van der Waals surface area contributed by atoms with Gasteiger partial charge in [0.25, 0.3) is 0 Å². The molecule has 2 heterocycles. The Morgan fingerprint density at radius 3 is 2.57 bits per heavy atom. The van der Waals surface area contributed by atoms with Gasteiger partial charge in [-0.25, -0.2) is 4.98 Å². The molecule has 4 rings (SSSR count). The molecular formula is C22H26N4O2. The minimum atomic E-state index is -0.0332. The number of carbonyl (C=O) groups is 1. The molecule has 0 atom stereocenters. The van der Waals surface area contributed by atoms with Crippen LogP contribution < -0.4 is 5.32 Å². The Kier molecular flexibility index (Phi) is 5.69. The number of aromatic nitrogens is 2. The molecule has 1 aromatic heterocycles. The molecule has 28 heavy (non-hydrogen) atoms. The number of amides is 1. The molecule has 0 aliphatic carbocycles. The zero-order valence-electron chi connectivity index (χ0n) is 16.2. The Labute approximate surface area is 165 Å². The summed E-state index contributed by atoms with van der Waals surface area (Å²) in [5, 5.41) is 3.02. The van der Waals surface area contributed by atoms with E-state index < -0.39 is 0 Å². The number of benzene rings is 2. The molecule has 1 amide bonds. The Bertz CT molecular complexity index is 941. The average molecular weight is 378 g/mol. The Hall–Kier alpha value is -2.70. The molecule has 0 fully saturated rings. The van der Waals surface area contributed by atoms with Crippen molar-refractivity contribution in [2.24, 2.45) is 0 Å². The SMILES string of the molecule is CCOCCCn1c(NC(=O)CN2Cc3ccccc3C2)nc2ccccc21. The quantitative estimate of drug-likeness (QED) is 0.610. The van der Waals surface area contributed by atoms with Gasteiger partial charge >= 0.3 is 0 Å². The molecule has 3 aromatic rings. The zero-order chi connectivity index (χ0) is 19.3. The molecule has 0 saturated carbocycles. The maximum absolute atomic E-state index is 12.7. The van der Waals surface area contributed by atoms with Crippen LogP contribution in [0, 0.1) is 0 Å². The molecule has 1 N–H and O–H groups in total. The third kappa shape index (κ3) is 4.08. The van der Waals surface area contributed by atoms with Crippen LogP contribution in [0.2, 0.25) is 0 Å². The van der Waals surface area contributed by atoms with E-state index in [1.54, 1.807) is 0 Å². The van der Waals surface area contributed by atoms with Gasteiger partial charge in [0.1, 0.15) is 0 Å². The zero-order valence-corrected chi connectivity index (χ0v) is 16.2. The highest BCUT2D eigenvalue weighted by Crippen LogP contribution is 2.23. The van der Waals surface area contributed by atoms with Crippen LogP contribution in [-0.2, 0) is 29.2 Å². The normalized spacial score (nSPS) is 13.8. The number of para-hydroxylation sites is 2. The number of imidazole rings is 1. The van der Waals surface area contributed by atoms with Crippen molar-refractivity contribution in [3.63, 3.8) is 0 Å². The number of anilines is 1. The van der Waals surface area contributed by atoms with Gasteiger partial charge in [-0.3, -0.25) is 15.0 Å². The average Bonchev–Trinajstić information content (AvgIpc) is 3.25. The Morgan fingerprint density at radius 1 is 1.11 bits per heavy atom. The number of aryl methyl sites for hydroxylation is 1. The number of ether oxygens (including phenoxy) is 1. The van der Waals surface area contributed by atoms with Crippen LogP contribution in [0.3, 0.4) is 0 Å². The summed E-state index contributed by atoms with van der Waals surface area (Å²) in [5.74, 6) is 0.577. The van der Waals surface area contributed by atoms with E-state index in [0.29, 0.717) is 25.7 Å². The molecule has 0 radical (unpaired) electrons. The molecule has 6 nitrogen and oxygen atoms in total. The lowest BCUT2D eigenvalue weighted by atomic mass is 10.1. The van der Waals surface area contributed by atoms with Gasteiger partial charge in [0.2, 0.25) is 11.9 Å². The number of carbonyl (C=O) groups excluding carboxylic acids is 1.